The summed E-state index contributed by atoms with van der Waals surface area (Å²) in [4.78, 5) is 0. The molecule has 0 fully saturated rings. The van der Waals surface area contributed by atoms with E-state index < -0.39 is 0 Å². The van der Waals surface area contributed by atoms with Gasteiger partial charge in [0.05, 0.1) is 11.4 Å². The zero-order valence-corrected chi connectivity index (χ0v) is 10.6. The number of aryl methyl sites for hydroxylation is 2. The second-order valence-electron chi connectivity index (χ2n) is 3.75. The molecule has 2 N–H and O–H groups in total. The van der Waals surface area contributed by atoms with Gasteiger partial charge in [-0.25, -0.2) is 0 Å². The number of benzene rings is 1. The third kappa shape index (κ3) is 3.04. The highest BCUT2D eigenvalue weighted by Crippen LogP contribution is 2.12. The molecule has 0 radical (unpaired) electrons. The molecule has 1 aromatic heterocycles. The van der Waals surface area contributed by atoms with Crippen LogP contribution in [0.15, 0.2) is 36.5 Å². The molecule has 0 saturated heterocycles. The highest BCUT2D eigenvalue weighted by atomic mass is 32.1. The second kappa shape index (κ2) is 4.97. The van der Waals surface area contributed by atoms with E-state index >= 15 is 0 Å². The third-order valence-corrected chi connectivity index (χ3v) is 2.50. The van der Waals surface area contributed by atoms with E-state index in [2.05, 4.69) is 15.7 Å². The molecule has 4 nitrogen and oxygen atoms in total. The van der Waals surface area contributed by atoms with Gasteiger partial charge in [-0.3, -0.25) is 4.68 Å². The molecule has 2 rings (SSSR count). The lowest BCUT2D eigenvalue weighted by Crippen LogP contribution is -2.19. The number of anilines is 2. The Morgan fingerprint density at radius 2 is 1.94 bits per heavy atom. The maximum Gasteiger partial charge on any atom is 0.175 e. The highest BCUT2D eigenvalue weighted by molar-refractivity contribution is 7.80. The van der Waals surface area contributed by atoms with Crippen molar-refractivity contribution in [1.82, 2.24) is 9.78 Å². The van der Waals surface area contributed by atoms with Crippen molar-refractivity contribution < 1.29 is 0 Å². The fourth-order valence-corrected chi connectivity index (χ4v) is 1.76. The van der Waals surface area contributed by atoms with Crippen LogP contribution in [-0.4, -0.2) is 14.9 Å². The predicted molar refractivity (Wildman–Crippen MR) is 74.2 cm³/mol. The summed E-state index contributed by atoms with van der Waals surface area (Å²) in [6, 6.07) is 9.81. The van der Waals surface area contributed by atoms with Gasteiger partial charge < -0.3 is 10.6 Å². The molecule has 0 unspecified atom stereocenters. The topological polar surface area (TPSA) is 41.9 Å². The smallest absolute Gasteiger partial charge is 0.175 e. The van der Waals surface area contributed by atoms with E-state index in [1.807, 2.05) is 50.5 Å². The van der Waals surface area contributed by atoms with Gasteiger partial charge in [0.25, 0.3) is 0 Å². The van der Waals surface area contributed by atoms with Crippen LogP contribution >= 0.6 is 12.2 Å². The van der Waals surface area contributed by atoms with Crippen molar-refractivity contribution in [3.63, 3.8) is 0 Å². The van der Waals surface area contributed by atoms with Crippen molar-refractivity contribution in [1.29, 1.82) is 0 Å². The summed E-state index contributed by atoms with van der Waals surface area (Å²) in [5.41, 5.74) is 2.80. The second-order valence-corrected chi connectivity index (χ2v) is 4.16. The maximum absolute atomic E-state index is 5.23. The fourth-order valence-electron chi connectivity index (χ4n) is 1.53. The number of nitrogens with one attached hydrogen (secondary N) is 2. The molecule has 0 amide bonds. The molecular formula is C12H14N4S. The number of hydrogen-bond acceptors (Lipinski definition) is 2. The van der Waals surface area contributed by atoms with E-state index in [9.17, 15) is 0 Å². The Bertz CT molecular complexity index is 519. The molecule has 0 saturated carbocycles. The maximum atomic E-state index is 5.23. The van der Waals surface area contributed by atoms with Gasteiger partial charge in [0.1, 0.15) is 0 Å². The molecule has 5 heteroatoms. The first-order valence-electron chi connectivity index (χ1n) is 5.28. The lowest BCUT2D eigenvalue weighted by Gasteiger charge is -2.09. The molecule has 0 spiro atoms. The van der Waals surface area contributed by atoms with Crippen molar-refractivity contribution in [2.45, 2.75) is 6.92 Å². The number of nitrogens with zero attached hydrogens (tertiary/aromatic N) is 2. The van der Waals surface area contributed by atoms with Gasteiger partial charge in [0.15, 0.2) is 5.11 Å². The van der Waals surface area contributed by atoms with E-state index in [1.165, 1.54) is 0 Å². The van der Waals surface area contributed by atoms with Crippen LogP contribution in [-0.2, 0) is 7.05 Å². The molecule has 0 aliphatic heterocycles. The van der Waals surface area contributed by atoms with E-state index in [1.54, 1.807) is 4.68 Å². The van der Waals surface area contributed by atoms with Gasteiger partial charge in [-0.05, 0) is 31.3 Å². The normalized spacial score (nSPS) is 10.0. The Kier molecular flexibility index (Phi) is 3.39. The summed E-state index contributed by atoms with van der Waals surface area (Å²) in [5.74, 6) is 0. The summed E-state index contributed by atoms with van der Waals surface area (Å²) < 4.78 is 1.75. The molecule has 88 valence electrons. The van der Waals surface area contributed by atoms with Crippen molar-refractivity contribution in [2.75, 3.05) is 10.6 Å². The largest absolute Gasteiger partial charge is 0.332 e. The van der Waals surface area contributed by atoms with E-state index in [4.69, 9.17) is 12.2 Å². The predicted octanol–water partition coefficient (Wildman–Crippen LogP) is 2.54. The minimum atomic E-state index is 0.562. The van der Waals surface area contributed by atoms with Crippen LogP contribution in [0.1, 0.15) is 5.69 Å². The Morgan fingerprint density at radius 1 is 1.24 bits per heavy atom. The van der Waals surface area contributed by atoms with Gasteiger partial charge in [-0.1, -0.05) is 18.2 Å². The average Bonchev–Trinajstić information content (AvgIpc) is 2.58. The summed E-state index contributed by atoms with van der Waals surface area (Å²) >= 11 is 5.23. The molecular weight excluding hydrogens is 232 g/mol. The molecule has 1 aromatic carbocycles. The van der Waals surface area contributed by atoms with Gasteiger partial charge in [0, 0.05) is 18.9 Å². The number of hydrogen-bond donors (Lipinski definition) is 2. The molecule has 17 heavy (non-hydrogen) atoms. The highest BCUT2D eigenvalue weighted by Gasteiger charge is 2.04. The lowest BCUT2D eigenvalue weighted by molar-refractivity contribution is 0.756. The van der Waals surface area contributed by atoms with E-state index in [0.717, 1.165) is 17.1 Å². The van der Waals surface area contributed by atoms with Crippen LogP contribution in [0.5, 0.6) is 0 Å². The van der Waals surface area contributed by atoms with Crippen LogP contribution in [0.25, 0.3) is 0 Å². The Balaban J connectivity index is 2.01. The number of aromatic nitrogens is 2. The molecule has 2 aromatic rings. The summed E-state index contributed by atoms with van der Waals surface area (Å²) in [7, 11) is 1.88. The number of rotatable bonds is 2. The van der Waals surface area contributed by atoms with Gasteiger partial charge in [0.2, 0.25) is 0 Å². The van der Waals surface area contributed by atoms with Crippen molar-refractivity contribution in [2.24, 2.45) is 7.05 Å². The van der Waals surface area contributed by atoms with Crippen molar-refractivity contribution in [3.05, 3.63) is 42.2 Å². The zero-order chi connectivity index (χ0) is 12.3. The molecule has 0 atom stereocenters. The summed E-state index contributed by atoms with van der Waals surface area (Å²) in [6.45, 7) is 1.94. The standard InChI is InChI=1S/C12H14N4S/c1-9-11(8-16(2)15-9)14-12(17)13-10-6-4-3-5-7-10/h3-8H,1-2H3,(H2,13,14,17). The van der Waals surface area contributed by atoms with Crippen LogP contribution in [0.2, 0.25) is 0 Å². The summed E-state index contributed by atoms with van der Waals surface area (Å²) in [5, 5.41) is 11.0. The van der Waals surface area contributed by atoms with Crippen LogP contribution in [0.3, 0.4) is 0 Å². The minimum Gasteiger partial charge on any atom is -0.332 e. The minimum absolute atomic E-state index is 0.562. The van der Waals surface area contributed by atoms with E-state index in [-0.39, 0.29) is 0 Å². The van der Waals surface area contributed by atoms with Crippen molar-refractivity contribution in [3.8, 4) is 0 Å². The molecule has 1 heterocycles. The lowest BCUT2D eigenvalue weighted by atomic mass is 10.3. The first kappa shape index (κ1) is 11.6. The van der Waals surface area contributed by atoms with Crippen molar-refractivity contribution >= 4 is 28.7 Å². The molecule has 0 aliphatic carbocycles. The van der Waals surface area contributed by atoms with Gasteiger partial charge in [-0.15, -0.1) is 0 Å². The Morgan fingerprint density at radius 3 is 2.53 bits per heavy atom. The Labute approximate surface area is 106 Å². The first-order valence-corrected chi connectivity index (χ1v) is 5.69. The SMILES string of the molecule is Cc1nn(C)cc1NC(=S)Nc1ccccc1. The fraction of sp³-hybridized carbons (Fsp3) is 0.167. The Hall–Kier alpha value is -1.88. The van der Waals surface area contributed by atoms with Crippen LogP contribution in [0, 0.1) is 6.92 Å². The number of thiocarbonyl (C=S) groups is 1. The molecule has 0 aliphatic rings. The number of para-hydroxylation sites is 1. The average molecular weight is 246 g/mol. The zero-order valence-electron chi connectivity index (χ0n) is 9.77. The van der Waals surface area contributed by atoms with Crippen LogP contribution in [0.4, 0.5) is 11.4 Å². The third-order valence-electron chi connectivity index (χ3n) is 2.29. The summed E-state index contributed by atoms with van der Waals surface area (Å²) in [6.07, 6.45) is 1.90. The van der Waals surface area contributed by atoms with Gasteiger partial charge >= 0.3 is 0 Å². The van der Waals surface area contributed by atoms with Gasteiger partial charge in [-0.2, -0.15) is 5.10 Å². The first-order chi connectivity index (χ1) is 8.15. The van der Waals surface area contributed by atoms with E-state index in [0.29, 0.717) is 5.11 Å². The molecule has 0 bridgehead atoms. The quantitative estimate of drug-likeness (QED) is 0.799. The monoisotopic (exact) mass is 246 g/mol. The van der Waals surface area contributed by atoms with Crippen LogP contribution < -0.4 is 10.6 Å².